The van der Waals surface area contributed by atoms with E-state index in [2.05, 4.69) is 40.9 Å². The van der Waals surface area contributed by atoms with E-state index in [4.69, 9.17) is 0 Å². The second-order valence-electron chi connectivity index (χ2n) is 5.09. The van der Waals surface area contributed by atoms with Crippen LogP contribution in [0.1, 0.15) is 36.9 Å². The summed E-state index contributed by atoms with van der Waals surface area (Å²) in [7, 11) is 4.09. The Bertz CT molecular complexity index is 387. The fourth-order valence-corrected chi connectivity index (χ4v) is 2.82. The van der Waals surface area contributed by atoms with Crippen LogP contribution < -0.4 is 4.90 Å². The molecule has 0 unspecified atom stereocenters. The maximum Gasteiger partial charge on any atom is 0.130 e. The monoisotopic (exact) mass is 233 g/mol. The zero-order chi connectivity index (χ0) is 12.4. The molecule has 3 heteroatoms. The minimum atomic E-state index is 0.586. The van der Waals surface area contributed by atoms with Crippen LogP contribution in [0, 0.1) is 6.92 Å². The summed E-state index contributed by atoms with van der Waals surface area (Å²) in [6, 6.07) is 2.89. The van der Waals surface area contributed by atoms with Crippen molar-refractivity contribution in [1.82, 2.24) is 9.88 Å². The van der Waals surface area contributed by atoms with E-state index in [0.29, 0.717) is 6.04 Å². The van der Waals surface area contributed by atoms with E-state index < -0.39 is 0 Å². The van der Waals surface area contributed by atoms with E-state index in [1.54, 1.807) is 0 Å². The second kappa shape index (κ2) is 5.05. The van der Waals surface area contributed by atoms with Crippen molar-refractivity contribution in [3.63, 3.8) is 0 Å². The van der Waals surface area contributed by atoms with E-state index in [-0.39, 0.29) is 0 Å². The van der Waals surface area contributed by atoms with E-state index >= 15 is 0 Å². The number of aryl methyl sites for hydroxylation is 1. The first-order chi connectivity index (χ1) is 8.13. The Hall–Kier alpha value is -1.09. The van der Waals surface area contributed by atoms with Gasteiger partial charge in [-0.1, -0.05) is 6.92 Å². The number of likely N-dealkylation sites (tertiary alicyclic amines) is 1. The molecule has 1 aliphatic heterocycles. The van der Waals surface area contributed by atoms with Gasteiger partial charge in [-0.15, -0.1) is 0 Å². The van der Waals surface area contributed by atoms with E-state index in [0.717, 1.165) is 12.4 Å². The SMILES string of the molecule is CCN1CCC[C@H]1c1cnc(N(C)C)c(C)c1. The summed E-state index contributed by atoms with van der Waals surface area (Å²) < 4.78 is 0. The third kappa shape index (κ3) is 2.44. The predicted molar refractivity (Wildman–Crippen MR) is 72.5 cm³/mol. The van der Waals surface area contributed by atoms with Crippen molar-refractivity contribution in [3.05, 3.63) is 23.4 Å². The minimum absolute atomic E-state index is 0.586. The molecule has 0 spiro atoms. The topological polar surface area (TPSA) is 19.4 Å². The zero-order valence-electron chi connectivity index (χ0n) is 11.4. The number of rotatable bonds is 3. The fraction of sp³-hybridized carbons (Fsp3) is 0.643. The van der Waals surface area contributed by atoms with Gasteiger partial charge in [0, 0.05) is 26.3 Å². The van der Waals surface area contributed by atoms with Gasteiger partial charge in [0.2, 0.25) is 0 Å². The van der Waals surface area contributed by atoms with Gasteiger partial charge < -0.3 is 4.90 Å². The highest BCUT2D eigenvalue weighted by atomic mass is 15.2. The van der Waals surface area contributed by atoms with E-state index in [1.807, 2.05) is 14.1 Å². The number of anilines is 1. The normalized spacial score (nSPS) is 20.8. The van der Waals surface area contributed by atoms with Gasteiger partial charge >= 0.3 is 0 Å². The van der Waals surface area contributed by atoms with Gasteiger partial charge in [-0.3, -0.25) is 4.90 Å². The second-order valence-corrected chi connectivity index (χ2v) is 5.09. The Balaban J connectivity index is 2.25. The van der Waals surface area contributed by atoms with Gasteiger partial charge in [0.1, 0.15) is 5.82 Å². The molecule has 94 valence electrons. The first-order valence-electron chi connectivity index (χ1n) is 6.51. The average molecular weight is 233 g/mol. The Kier molecular flexibility index (Phi) is 3.67. The molecule has 0 aromatic carbocycles. The van der Waals surface area contributed by atoms with Crippen LogP contribution in [-0.2, 0) is 0 Å². The molecule has 2 heterocycles. The lowest BCUT2D eigenvalue weighted by atomic mass is 10.0. The largest absolute Gasteiger partial charge is 0.363 e. The molecule has 1 fully saturated rings. The predicted octanol–water partition coefficient (Wildman–Crippen LogP) is 2.61. The van der Waals surface area contributed by atoms with Crippen LogP contribution in [0.2, 0.25) is 0 Å². The minimum Gasteiger partial charge on any atom is -0.363 e. The van der Waals surface area contributed by atoms with Crippen molar-refractivity contribution in [1.29, 1.82) is 0 Å². The summed E-state index contributed by atoms with van der Waals surface area (Å²) in [5, 5.41) is 0. The van der Waals surface area contributed by atoms with Crippen LogP contribution in [0.4, 0.5) is 5.82 Å². The molecule has 0 aliphatic carbocycles. The molecular weight excluding hydrogens is 210 g/mol. The highest BCUT2D eigenvalue weighted by Gasteiger charge is 2.25. The molecule has 1 aromatic heterocycles. The van der Waals surface area contributed by atoms with Crippen molar-refractivity contribution < 1.29 is 0 Å². The van der Waals surface area contributed by atoms with E-state index in [9.17, 15) is 0 Å². The Morgan fingerprint density at radius 3 is 2.82 bits per heavy atom. The summed E-state index contributed by atoms with van der Waals surface area (Å²) in [6.07, 6.45) is 4.64. The Morgan fingerprint density at radius 2 is 2.24 bits per heavy atom. The Labute approximate surface area is 104 Å². The standard InChI is InChI=1S/C14H23N3/c1-5-17-8-6-7-13(17)12-9-11(2)14(15-10-12)16(3)4/h9-10,13H,5-8H2,1-4H3/t13-/m0/s1. The summed E-state index contributed by atoms with van der Waals surface area (Å²) in [6.45, 7) is 6.76. The molecular formula is C14H23N3. The van der Waals surface area contributed by atoms with Gasteiger partial charge in [-0.2, -0.15) is 0 Å². The molecule has 0 N–H and O–H groups in total. The molecule has 1 atom stereocenters. The molecule has 0 amide bonds. The maximum atomic E-state index is 4.59. The summed E-state index contributed by atoms with van der Waals surface area (Å²) in [4.78, 5) is 9.21. The number of hydrogen-bond acceptors (Lipinski definition) is 3. The van der Waals surface area contributed by atoms with Gasteiger partial charge in [0.25, 0.3) is 0 Å². The number of hydrogen-bond donors (Lipinski definition) is 0. The van der Waals surface area contributed by atoms with Crippen LogP contribution in [0.5, 0.6) is 0 Å². The van der Waals surface area contributed by atoms with Crippen molar-refractivity contribution in [2.24, 2.45) is 0 Å². The first kappa shape index (κ1) is 12.4. The van der Waals surface area contributed by atoms with E-state index in [1.165, 1.54) is 30.5 Å². The molecule has 0 saturated carbocycles. The summed E-state index contributed by atoms with van der Waals surface area (Å²) in [5.41, 5.74) is 2.66. The fourth-order valence-electron chi connectivity index (χ4n) is 2.82. The van der Waals surface area contributed by atoms with Gasteiger partial charge in [-0.05, 0) is 50.0 Å². The molecule has 17 heavy (non-hydrogen) atoms. The Morgan fingerprint density at radius 1 is 1.47 bits per heavy atom. The first-order valence-corrected chi connectivity index (χ1v) is 6.51. The van der Waals surface area contributed by atoms with Crippen LogP contribution in [0.15, 0.2) is 12.3 Å². The third-order valence-corrected chi connectivity index (χ3v) is 3.65. The van der Waals surface area contributed by atoms with Crippen molar-refractivity contribution >= 4 is 5.82 Å². The van der Waals surface area contributed by atoms with Gasteiger partial charge in [0.15, 0.2) is 0 Å². The number of pyridine rings is 1. The average Bonchev–Trinajstić information content (AvgIpc) is 2.76. The van der Waals surface area contributed by atoms with Crippen LogP contribution in [-0.4, -0.2) is 37.1 Å². The molecule has 3 nitrogen and oxygen atoms in total. The number of aromatic nitrogens is 1. The molecule has 1 saturated heterocycles. The quantitative estimate of drug-likeness (QED) is 0.800. The van der Waals surface area contributed by atoms with Crippen molar-refractivity contribution in [3.8, 4) is 0 Å². The van der Waals surface area contributed by atoms with Crippen molar-refractivity contribution in [2.45, 2.75) is 32.7 Å². The molecule has 1 aromatic rings. The van der Waals surface area contributed by atoms with Crippen LogP contribution in [0.3, 0.4) is 0 Å². The number of nitrogens with zero attached hydrogens (tertiary/aromatic N) is 3. The highest BCUT2D eigenvalue weighted by Crippen LogP contribution is 2.32. The lowest BCUT2D eigenvalue weighted by Gasteiger charge is -2.24. The summed E-state index contributed by atoms with van der Waals surface area (Å²) >= 11 is 0. The molecule has 1 aliphatic rings. The van der Waals surface area contributed by atoms with Crippen LogP contribution in [0.25, 0.3) is 0 Å². The maximum absolute atomic E-state index is 4.59. The lowest BCUT2D eigenvalue weighted by Crippen LogP contribution is -2.23. The highest BCUT2D eigenvalue weighted by molar-refractivity contribution is 5.46. The zero-order valence-corrected chi connectivity index (χ0v) is 11.4. The van der Waals surface area contributed by atoms with Crippen molar-refractivity contribution in [2.75, 3.05) is 32.1 Å². The van der Waals surface area contributed by atoms with Crippen LogP contribution >= 0.6 is 0 Å². The third-order valence-electron chi connectivity index (χ3n) is 3.65. The molecule has 0 radical (unpaired) electrons. The molecule has 2 rings (SSSR count). The molecule has 0 bridgehead atoms. The lowest BCUT2D eigenvalue weighted by molar-refractivity contribution is 0.271. The smallest absolute Gasteiger partial charge is 0.130 e. The van der Waals surface area contributed by atoms with Gasteiger partial charge in [0.05, 0.1) is 0 Å². The summed E-state index contributed by atoms with van der Waals surface area (Å²) in [5.74, 6) is 1.08. The van der Waals surface area contributed by atoms with Gasteiger partial charge in [-0.25, -0.2) is 4.98 Å².